The Morgan fingerprint density at radius 3 is 2.42 bits per heavy atom. The molecule has 2 amide bonds. The molecule has 0 saturated carbocycles. The first-order valence-corrected chi connectivity index (χ1v) is 14.2. The Bertz CT molecular complexity index is 1720. The summed E-state index contributed by atoms with van der Waals surface area (Å²) in [6.45, 7) is 1.87. The molecule has 4 aromatic carbocycles. The van der Waals surface area contributed by atoms with Gasteiger partial charge < -0.3 is 20.1 Å². The second-order valence-corrected chi connectivity index (χ2v) is 10.3. The standard InChI is InChI=1S/C33H29N5O4S/c1-22-8-15-27(16-9-22)36-33-37-28(21-43-33)24-11-13-25(14-12-24)32(40)38-34-19-23-10-17-29(30(18-23)41-2)42-20-31(39)35-26-6-4-3-5-7-26/h3-19,21H,20H2,1-2H3,(H,35,39)(H,36,37)(H,38,40)/b34-19+. The van der Waals surface area contributed by atoms with Crippen molar-refractivity contribution in [3.05, 3.63) is 119 Å². The fraction of sp³-hybridized carbons (Fsp3) is 0.0909. The van der Waals surface area contributed by atoms with E-state index in [1.807, 2.05) is 66.9 Å². The number of hydrogen-bond donors (Lipinski definition) is 3. The van der Waals surface area contributed by atoms with E-state index >= 15 is 0 Å². The highest BCUT2D eigenvalue weighted by atomic mass is 32.1. The zero-order valence-corrected chi connectivity index (χ0v) is 24.4. The summed E-state index contributed by atoms with van der Waals surface area (Å²) in [4.78, 5) is 29.5. The second-order valence-electron chi connectivity index (χ2n) is 9.42. The molecule has 0 saturated heterocycles. The molecule has 5 aromatic rings. The molecule has 0 aliphatic heterocycles. The minimum Gasteiger partial charge on any atom is -0.493 e. The molecule has 0 atom stereocenters. The van der Waals surface area contributed by atoms with Crippen molar-refractivity contribution in [2.24, 2.45) is 5.10 Å². The topological polar surface area (TPSA) is 114 Å². The molecule has 43 heavy (non-hydrogen) atoms. The van der Waals surface area contributed by atoms with Crippen molar-refractivity contribution >= 4 is 45.9 Å². The maximum absolute atomic E-state index is 12.6. The minimum absolute atomic E-state index is 0.179. The average Bonchev–Trinajstić information content (AvgIpc) is 3.50. The van der Waals surface area contributed by atoms with Crippen molar-refractivity contribution in [3.8, 4) is 22.8 Å². The second kappa shape index (κ2) is 13.9. The average molecular weight is 592 g/mol. The third-order valence-electron chi connectivity index (χ3n) is 6.23. The summed E-state index contributed by atoms with van der Waals surface area (Å²) in [5.74, 6) is 0.197. The number of aromatic nitrogens is 1. The number of benzene rings is 4. The van der Waals surface area contributed by atoms with Gasteiger partial charge in [0.1, 0.15) is 0 Å². The number of ether oxygens (including phenoxy) is 2. The molecule has 0 aliphatic carbocycles. The van der Waals surface area contributed by atoms with Gasteiger partial charge in [0.15, 0.2) is 23.2 Å². The van der Waals surface area contributed by atoms with Crippen LogP contribution >= 0.6 is 11.3 Å². The fourth-order valence-electron chi connectivity index (χ4n) is 3.99. The van der Waals surface area contributed by atoms with E-state index in [2.05, 4.69) is 26.1 Å². The van der Waals surface area contributed by atoms with E-state index in [4.69, 9.17) is 9.47 Å². The van der Waals surface area contributed by atoms with Crippen LogP contribution in [0.25, 0.3) is 11.3 Å². The Labute approximate surface area is 253 Å². The number of amides is 2. The highest BCUT2D eigenvalue weighted by Gasteiger charge is 2.10. The monoisotopic (exact) mass is 591 g/mol. The first-order valence-electron chi connectivity index (χ1n) is 13.4. The minimum atomic E-state index is -0.348. The van der Waals surface area contributed by atoms with Crippen LogP contribution in [-0.4, -0.2) is 36.7 Å². The number of carbonyl (C=O) groups is 2. The molecule has 9 nitrogen and oxygen atoms in total. The van der Waals surface area contributed by atoms with Gasteiger partial charge in [0.2, 0.25) is 0 Å². The summed E-state index contributed by atoms with van der Waals surface area (Å²) < 4.78 is 11.0. The first-order chi connectivity index (χ1) is 21.0. The van der Waals surface area contributed by atoms with Crippen LogP contribution in [0.4, 0.5) is 16.5 Å². The predicted octanol–water partition coefficient (Wildman–Crippen LogP) is 6.65. The third kappa shape index (κ3) is 8.05. The molecule has 1 aromatic heterocycles. The van der Waals surface area contributed by atoms with Crippen LogP contribution in [0.3, 0.4) is 0 Å². The molecule has 0 bridgehead atoms. The number of nitrogens with zero attached hydrogens (tertiary/aromatic N) is 2. The Morgan fingerprint density at radius 1 is 0.907 bits per heavy atom. The normalized spacial score (nSPS) is 10.7. The smallest absolute Gasteiger partial charge is 0.271 e. The summed E-state index contributed by atoms with van der Waals surface area (Å²) in [5, 5.41) is 12.9. The molecule has 5 rings (SSSR count). The van der Waals surface area contributed by atoms with Crippen molar-refractivity contribution in [3.63, 3.8) is 0 Å². The summed E-state index contributed by atoms with van der Waals surface area (Å²) in [6.07, 6.45) is 1.50. The van der Waals surface area contributed by atoms with Crippen LogP contribution in [0, 0.1) is 6.92 Å². The Kier molecular flexibility index (Phi) is 9.40. The number of hydrogen-bond acceptors (Lipinski definition) is 8. The number of methoxy groups -OCH3 is 1. The van der Waals surface area contributed by atoms with Crippen LogP contribution in [0.5, 0.6) is 11.5 Å². The van der Waals surface area contributed by atoms with Gasteiger partial charge in [-0.25, -0.2) is 10.4 Å². The molecule has 0 spiro atoms. The number of carbonyl (C=O) groups excluding carboxylic acids is 2. The van der Waals surface area contributed by atoms with E-state index in [0.717, 1.165) is 22.1 Å². The molecule has 0 aliphatic rings. The van der Waals surface area contributed by atoms with Crippen LogP contribution < -0.4 is 25.5 Å². The van der Waals surface area contributed by atoms with Gasteiger partial charge in [-0.05, 0) is 67.1 Å². The van der Waals surface area contributed by atoms with Gasteiger partial charge in [-0.1, -0.05) is 48.0 Å². The summed E-state index contributed by atoms with van der Waals surface area (Å²) in [5.41, 5.74) is 8.26. The molecular formula is C33H29N5O4S. The van der Waals surface area contributed by atoms with Gasteiger partial charge in [-0.3, -0.25) is 9.59 Å². The van der Waals surface area contributed by atoms with E-state index in [1.54, 1.807) is 42.5 Å². The lowest BCUT2D eigenvalue weighted by molar-refractivity contribution is -0.118. The van der Waals surface area contributed by atoms with Crippen LogP contribution in [0.15, 0.2) is 108 Å². The number of anilines is 3. The molecule has 3 N–H and O–H groups in total. The Morgan fingerprint density at radius 2 is 1.67 bits per heavy atom. The van der Waals surface area contributed by atoms with Gasteiger partial charge in [0.05, 0.1) is 19.0 Å². The Balaban J connectivity index is 1.13. The number of nitrogens with one attached hydrogen (secondary N) is 3. The molecule has 0 radical (unpaired) electrons. The summed E-state index contributed by atoms with van der Waals surface area (Å²) >= 11 is 1.52. The summed E-state index contributed by atoms with van der Waals surface area (Å²) in [6, 6.07) is 29.6. The quantitative estimate of drug-likeness (QED) is 0.117. The zero-order chi connectivity index (χ0) is 30.0. The van der Waals surface area contributed by atoms with E-state index in [-0.39, 0.29) is 18.4 Å². The number of aryl methyl sites for hydroxylation is 1. The fourth-order valence-corrected chi connectivity index (χ4v) is 4.73. The van der Waals surface area contributed by atoms with E-state index in [9.17, 15) is 9.59 Å². The molecule has 0 unspecified atom stereocenters. The van der Waals surface area contributed by atoms with Crippen molar-refractivity contribution in [2.45, 2.75) is 6.92 Å². The van der Waals surface area contributed by atoms with E-state index < -0.39 is 0 Å². The van der Waals surface area contributed by atoms with Crippen LogP contribution in [-0.2, 0) is 4.79 Å². The lowest BCUT2D eigenvalue weighted by Crippen LogP contribution is -2.20. The van der Waals surface area contributed by atoms with Gasteiger partial charge in [0.25, 0.3) is 11.8 Å². The van der Waals surface area contributed by atoms with Gasteiger partial charge >= 0.3 is 0 Å². The molecule has 1 heterocycles. The highest BCUT2D eigenvalue weighted by Crippen LogP contribution is 2.29. The van der Waals surface area contributed by atoms with Gasteiger partial charge in [-0.15, -0.1) is 11.3 Å². The third-order valence-corrected chi connectivity index (χ3v) is 6.99. The van der Waals surface area contributed by atoms with Crippen molar-refractivity contribution in [1.29, 1.82) is 0 Å². The van der Waals surface area contributed by atoms with E-state index in [1.165, 1.54) is 30.2 Å². The number of hydrazone groups is 1. The molecule has 216 valence electrons. The number of thiazole rings is 1. The predicted molar refractivity (Wildman–Crippen MR) is 171 cm³/mol. The number of rotatable bonds is 11. The number of para-hydroxylation sites is 1. The SMILES string of the molecule is COc1cc(/C=N/NC(=O)c2ccc(-c3csc(Nc4ccc(C)cc4)n3)cc2)ccc1OCC(=O)Nc1ccccc1. The molecule has 0 fully saturated rings. The zero-order valence-electron chi connectivity index (χ0n) is 23.5. The maximum atomic E-state index is 12.6. The van der Waals surface area contributed by atoms with E-state index in [0.29, 0.717) is 28.3 Å². The van der Waals surface area contributed by atoms with Gasteiger partial charge in [0, 0.05) is 27.9 Å². The maximum Gasteiger partial charge on any atom is 0.271 e. The van der Waals surface area contributed by atoms with Crippen molar-refractivity contribution < 1.29 is 19.1 Å². The van der Waals surface area contributed by atoms with Crippen molar-refractivity contribution in [1.82, 2.24) is 10.4 Å². The van der Waals surface area contributed by atoms with Crippen molar-refractivity contribution in [2.75, 3.05) is 24.4 Å². The lowest BCUT2D eigenvalue weighted by Gasteiger charge is -2.11. The Hall–Kier alpha value is -5.48. The first kappa shape index (κ1) is 29.0. The lowest BCUT2D eigenvalue weighted by atomic mass is 10.1. The van der Waals surface area contributed by atoms with Crippen LogP contribution in [0.1, 0.15) is 21.5 Å². The largest absolute Gasteiger partial charge is 0.493 e. The highest BCUT2D eigenvalue weighted by molar-refractivity contribution is 7.14. The summed E-state index contributed by atoms with van der Waals surface area (Å²) in [7, 11) is 1.51. The van der Waals surface area contributed by atoms with Crippen LogP contribution in [0.2, 0.25) is 0 Å². The van der Waals surface area contributed by atoms with Gasteiger partial charge in [-0.2, -0.15) is 5.10 Å². The molecule has 10 heteroatoms. The molecular weight excluding hydrogens is 562 g/mol.